The van der Waals surface area contributed by atoms with Gasteiger partial charge in [0.15, 0.2) is 0 Å². The molecule has 1 fully saturated rings. The molecule has 0 bridgehead atoms. The van der Waals surface area contributed by atoms with Crippen molar-refractivity contribution in [3.8, 4) is 5.75 Å². The fraction of sp³-hybridized carbons (Fsp3) is 0.278. The second kappa shape index (κ2) is 6.42. The first-order valence-corrected chi connectivity index (χ1v) is 8.22. The molecule has 1 amide bonds. The van der Waals surface area contributed by atoms with Crippen LogP contribution < -0.4 is 10.1 Å². The maximum absolute atomic E-state index is 12.9. The lowest BCUT2D eigenvalue weighted by Gasteiger charge is -2.41. The molecule has 0 atom stereocenters. The van der Waals surface area contributed by atoms with Gasteiger partial charge in [0.1, 0.15) is 5.75 Å². The van der Waals surface area contributed by atoms with Crippen molar-refractivity contribution in [1.29, 1.82) is 0 Å². The summed E-state index contributed by atoms with van der Waals surface area (Å²) in [6.45, 7) is 0. The average Bonchev–Trinajstić information content (AvgIpc) is 2.48. The Bertz CT molecular complexity index is 742. The van der Waals surface area contributed by atoms with E-state index in [4.69, 9.17) is 27.9 Å². The Labute approximate surface area is 145 Å². The normalized spacial score (nSPS) is 15.6. The number of carbonyl (C=O) groups is 1. The van der Waals surface area contributed by atoms with Gasteiger partial charge in [-0.15, -0.1) is 0 Å². The van der Waals surface area contributed by atoms with Crippen LogP contribution in [0.25, 0.3) is 0 Å². The predicted molar refractivity (Wildman–Crippen MR) is 93.6 cm³/mol. The van der Waals surface area contributed by atoms with E-state index in [0.717, 1.165) is 24.8 Å². The molecular formula is C18H17Cl2NO2. The van der Waals surface area contributed by atoms with E-state index < -0.39 is 5.41 Å². The molecule has 1 aliphatic rings. The molecule has 0 heterocycles. The van der Waals surface area contributed by atoms with Gasteiger partial charge in [-0.05, 0) is 42.7 Å². The van der Waals surface area contributed by atoms with E-state index in [1.165, 1.54) is 0 Å². The van der Waals surface area contributed by atoms with Gasteiger partial charge in [-0.2, -0.15) is 0 Å². The van der Waals surface area contributed by atoms with Crippen molar-refractivity contribution in [3.63, 3.8) is 0 Å². The molecule has 3 nitrogen and oxygen atoms in total. The summed E-state index contributed by atoms with van der Waals surface area (Å²) in [6, 6.07) is 12.7. The summed E-state index contributed by atoms with van der Waals surface area (Å²) in [5, 5.41) is 4.10. The molecule has 1 aliphatic carbocycles. The Morgan fingerprint density at radius 1 is 1.17 bits per heavy atom. The van der Waals surface area contributed by atoms with Gasteiger partial charge in [0.2, 0.25) is 5.91 Å². The molecule has 3 rings (SSSR count). The Kier molecular flexibility index (Phi) is 4.51. The third-order valence-electron chi connectivity index (χ3n) is 4.42. The molecule has 2 aromatic rings. The van der Waals surface area contributed by atoms with Crippen molar-refractivity contribution in [2.75, 3.05) is 12.4 Å². The number of methoxy groups -OCH3 is 1. The van der Waals surface area contributed by atoms with E-state index in [-0.39, 0.29) is 5.91 Å². The molecule has 0 unspecified atom stereocenters. The van der Waals surface area contributed by atoms with E-state index in [2.05, 4.69) is 5.32 Å². The molecule has 2 aromatic carbocycles. The van der Waals surface area contributed by atoms with Crippen LogP contribution in [0.15, 0.2) is 42.5 Å². The third kappa shape index (κ3) is 3.04. The Hall–Kier alpha value is -1.71. The molecule has 0 saturated heterocycles. The number of ether oxygens (including phenoxy) is 1. The number of benzene rings is 2. The molecule has 0 aromatic heterocycles. The van der Waals surface area contributed by atoms with E-state index in [9.17, 15) is 4.79 Å². The van der Waals surface area contributed by atoms with Crippen molar-refractivity contribution in [3.05, 3.63) is 58.1 Å². The second-order valence-electron chi connectivity index (χ2n) is 5.75. The molecule has 1 saturated carbocycles. The molecular weight excluding hydrogens is 333 g/mol. The van der Waals surface area contributed by atoms with Gasteiger partial charge in [0.05, 0.1) is 12.5 Å². The van der Waals surface area contributed by atoms with Crippen LogP contribution in [-0.2, 0) is 10.2 Å². The minimum atomic E-state index is -0.579. The van der Waals surface area contributed by atoms with Gasteiger partial charge in [0, 0.05) is 21.8 Å². The zero-order valence-corrected chi connectivity index (χ0v) is 14.2. The van der Waals surface area contributed by atoms with Gasteiger partial charge in [0.25, 0.3) is 0 Å². The fourth-order valence-electron chi connectivity index (χ4n) is 2.98. The number of rotatable bonds is 4. The van der Waals surface area contributed by atoms with Crippen molar-refractivity contribution in [2.24, 2.45) is 0 Å². The minimum Gasteiger partial charge on any atom is -0.497 e. The maximum Gasteiger partial charge on any atom is 0.235 e. The first kappa shape index (κ1) is 16.2. The smallest absolute Gasteiger partial charge is 0.235 e. The lowest BCUT2D eigenvalue weighted by atomic mass is 9.63. The standard InChI is InChI=1S/C18H17Cl2NO2/c1-23-14-5-2-4-13(11-14)21-17(22)18(8-3-9-18)15-7-6-12(19)10-16(15)20/h2,4-7,10-11H,3,8-9H2,1H3,(H,21,22). The highest BCUT2D eigenvalue weighted by molar-refractivity contribution is 6.35. The lowest BCUT2D eigenvalue weighted by Crippen LogP contribution is -2.46. The molecule has 0 radical (unpaired) electrons. The number of carbonyl (C=O) groups excluding carboxylic acids is 1. The van der Waals surface area contributed by atoms with Crippen molar-refractivity contribution in [2.45, 2.75) is 24.7 Å². The number of halogens is 2. The minimum absolute atomic E-state index is 0.0405. The number of anilines is 1. The van der Waals surface area contributed by atoms with Gasteiger partial charge in [-0.3, -0.25) is 4.79 Å². The summed E-state index contributed by atoms with van der Waals surface area (Å²) in [5.41, 5.74) is 0.978. The van der Waals surface area contributed by atoms with Crippen LogP contribution in [0.2, 0.25) is 10.0 Å². The number of hydrogen-bond acceptors (Lipinski definition) is 2. The summed E-state index contributed by atoms with van der Waals surface area (Å²) in [6.07, 6.45) is 2.57. The quantitative estimate of drug-likeness (QED) is 0.837. The van der Waals surface area contributed by atoms with E-state index >= 15 is 0 Å². The summed E-state index contributed by atoms with van der Waals surface area (Å²) >= 11 is 12.3. The van der Waals surface area contributed by atoms with E-state index in [0.29, 0.717) is 21.5 Å². The number of amides is 1. The monoisotopic (exact) mass is 349 g/mol. The van der Waals surface area contributed by atoms with Crippen LogP contribution in [0, 0.1) is 0 Å². The summed E-state index contributed by atoms with van der Waals surface area (Å²) in [5.74, 6) is 0.663. The highest BCUT2D eigenvalue weighted by Crippen LogP contribution is 2.47. The largest absolute Gasteiger partial charge is 0.497 e. The molecule has 1 N–H and O–H groups in total. The second-order valence-corrected chi connectivity index (χ2v) is 6.59. The van der Waals surface area contributed by atoms with Crippen LogP contribution in [0.5, 0.6) is 5.75 Å². The Balaban J connectivity index is 1.89. The van der Waals surface area contributed by atoms with Crippen molar-refractivity contribution < 1.29 is 9.53 Å². The van der Waals surface area contributed by atoms with E-state index in [1.807, 2.05) is 24.3 Å². The first-order chi connectivity index (χ1) is 11.0. The molecule has 0 spiro atoms. The highest BCUT2D eigenvalue weighted by atomic mass is 35.5. The SMILES string of the molecule is COc1cccc(NC(=O)C2(c3ccc(Cl)cc3Cl)CCC2)c1. The molecule has 23 heavy (non-hydrogen) atoms. The highest BCUT2D eigenvalue weighted by Gasteiger charge is 2.46. The Morgan fingerprint density at radius 3 is 2.57 bits per heavy atom. The summed E-state index contributed by atoms with van der Waals surface area (Å²) < 4.78 is 5.19. The van der Waals surface area contributed by atoms with Crippen LogP contribution >= 0.6 is 23.2 Å². The zero-order chi connectivity index (χ0) is 16.4. The predicted octanol–water partition coefficient (Wildman–Crippen LogP) is 5.06. The topological polar surface area (TPSA) is 38.3 Å². The van der Waals surface area contributed by atoms with Crippen LogP contribution in [0.4, 0.5) is 5.69 Å². The average molecular weight is 350 g/mol. The first-order valence-electron chi connectivity index (χ1n) is 7.46. The summed E-state index contributed by atoms with van der Waals surface area (Å²) in [7, 11) is 1.60. The number of nitrogens with one attached hydrogen (secondary N) is 1. The molecule has 0 aliphatic heterocycles. The maximum atomic E-state index is 12.9. The van der Waals surface area contributed by atoms with Gasteiger partial charge in [-0.25, -0.2) is 0 Å². The van der Waals surface area contributed by atoms with E-state index in [1.54, 1.807) is 25.3 Å². The lowest BCUT2D eigenvalue weighted by molar-refractivity contribution is -0.124. The van der Waals surface area contributed by atoms with Crippen LogP contribution in [0.3, 0.4) is 0 Å². The van der Waals surface area contributed by atoms with Crippen LogP contribution in [-0.4, -0.2) is 13.0 Å². The van der Waals surface area contributed by atoms with Crippen LogP contribution in [0.1, 0.15) is 24.8 Å². The van der Waals surface area contributed by atoms with Gasteiger partial charge in [-0.1, -0.05) is 41.8 Å². The van der Waals surface area contributed by atoms with Crippen molar-refractivity contribution >= 4 is 34.8 Å². The third-order valence-corrected chi connectivity index (χ3v) is 4.96. The molecule has 5 heteroatoms. The van der Waals surface area contributed by atoms with Gasteiger partial charge >= 0.3 is 0 Å². The zero-order valence-electron chi connectivity index (χ0n) is 12.7. The van der Waals surface area contributed by atoms with Crippen molar-refractivity contribution in [1.82, 2.24) is 0 Å². The van der Waals surface area contributed by atoms with Gasteiger partial charge < -0.3 is 10.1 Å². The number of hydrogen-bond donors (Lipinski definition) is 1. The summed E-state index contributed by atoms with van der Waals surface area (Å²) in [4.78, 5) is 12.9. The fourth-order valence-corrected chi connectivity index (χ4v) is 3.57. The molecule has 120 valence electrons. The Morgan fingerprint density at radius 2 is 1.96 bits per heavy atom.